The van der Waals surface area contributed by atoms with E-state index in [0.717, 1.165) is 22.7 Å². The summed E-state index contributed by atoms with van der Waals surface area (Å²) in [5.74, 6) is 1.74. The molecule has 24 heavy (non-hydrogen) atoms. The summed E-state index contributed by atoms with van der Waals surface area (Å²) >= 11 is 3.42. The summed E-state index contributed by atoms with van der Waals surface area (Å²) in [6.45, 7) is 7.14. The first-order chi connectivity index (χ1) is 11.7. The molecular formula is C18H29BrN4O. The minimum absolute atomic E-state index is 0.511. The summed E-state index contributed by atoms with van der Waals surface area (Å²) in [7, 11) is 1.82. The summed E-state index contributed by atoms with van der Waals surface area (Å²) in [4.78, 5) is 6.85. The SMILES string of the molecule is CCCN1CCC(NC(=NC)NCCOc2ccc(Br)cc2)CC1. The highest BCUT2D eigenvalue weighted by molar-refractivity contribution is 9.10. The molecule has 0 amide bonds. The molecule has 0 aromatic heterocycles. The van der Waals surface area contributed by atoms with Crippen LogP contribution in [0.2, 0.25) is 0 Å². The Morgan fingerprint density at radius 1 is 1.29 bits per heavy atom. The molecule has 0 aliphatic carbocycles. The quantitative estimate of drug-likeness (QED) is 0.422. The van der Waals surface area contributed by atoms with Crippen LogP contribution >= 0.6 is 15.9 Å². The maximum Gasteiger partial charge on any atom is 0.191 e. The van der Waals surface area contributed by atoms with Gasteiger partial charge in [0.2, 0.25) is 0 Å². The predicted molar refractivity (Wildman–Crippen MR) is 104 cm³/mol. The van der Waals surface area contributed by atoms with Crippen LogP contribution in [0.4, 0.5) is 0 Å². The maximum atomic E-state index is 5.71. The second kappa shape index (κ2) is 10.6. The molecule has 5 nitrogen and oxygen atoms in total. The highest BCUT2D eigenvalue weighted by Gasteiger charge is 2.19. The van der Waals surface area contributed by atoms with Gasteiger partial charge in [-0.2, -0.15) is 0 Å². The maximum absolute atomic E-state index is 5.71. The van der Waals surface area contributed by atoms with Crippen LogP contribution in [0.25, 0.3) is 0 Å². The Labute approximate surface area is 154 Å². The standard InChI is InChI=1S/C18H29BrN4O/c1-3-11-23-12-8-16(9-13-23)22-18(20-2)21-10-14-24-17-6-4-15(19)5-7-17/h4-7,16H,3,8-14H2,1-2H3,(H2,20,21,22). The molecule has 0 saturated carbocycles. The average molecular weight is 397 g/mol. The van der Waals surface area contributed by atoms with E-state index in [4.69, 9.17) is 4.74 Å². The Morgan fingerprint density at radius 3 is 2.62 bits per heavy atom. The lowest BCUT2D eigenvalue weighted by Gasteiger charge is -2.32. The van der Waals surface area contributed by atoms with E-state index in [1.54, 1.807) is 0 Å². The van der Waals surface area contributed by atoms with E-state index < -0.39 is 0 Å². The number of rotatable bonds is 7. The fraction of sp³-hybridized carbons (Fsp3) is 0.611. The van der Waals surface area contributed by atoms with Gasteiger partial charge in [-0.05, 0) is 50.1 Å². The van der Waals surface area contributed by atoms with Gasteiger partial charge in [0.05, 0.1) is 6.54 Å². The number of hydrogen-bond acceptors (Lipinski definition) is 3. The summed E-state index contributed by atoms with van der Waals surface area (Å²) in [5.41, 5.74) is 0. The van der Waals surface area contributed by atoms with Crippen molar-refractivity contribution in [1.82, 2.24) is 15.5 Å². The van der Waals surface area contributed by atoms with Crippen LogP contribution in [0.5, 0.6) is 5.75 Å². The molecule has 0 atom stereocenters. The third-order valence-electron chi connectivity index (χ3n) is 4.17. The Balaban J connectivity index is 1.63. The summed E-state index contributed by atoms with van der Waals surface area (Å²) in [6.07, 6.45) is 3.59. The first-order valence-corrected chi connectivity index (χ1v) is 9.58. The van der Waals surface area contributed by atoms with Crippen molar-refractivity contribution in [3.05, 3.63) is 28.7 Å². The molecule has 1 aliphatic heterocycles. The van der Waals surface area contributed by atoms with Gasteiger partial charge < -0.3 is 20.3 Å². The van der Waals surface area contributed by atoms with Gasteiger partial charge in [-0.1, -0.05) is 22.9 Å². The Kier molecular flexibility index (Phi) is 8.39. The van der Waals surface area contributed by atoms with Gasteiger partial charge in [-0.15, -0.1) is 0 Å². The molecule has 0 radical (unpaired) electrons. The van der Waals surface area contributed by atoms with Gasteiger partial charge in [0.15, 0.2) is 5.96 Å². The topological polar surface area (TPSA) is 48.9 Å². The average Bonchev–Trinajstić information content (AvgIpc) is 2.61. The van der Waals surface area contributed by atoms with Crippen molar-refractivity contribution < 1.29 is 4.74 Å². The lowest BCUT2D eigenvalue weighted by molar-refractivity contribution is 0.206. The van der Waals surface area contributed by atoms with Crippen molar-refractivity contribution in [2.75, 3.05) is 39.8 Å². The normalized spacial score (nSPS) is 16.9. The highest BCUT2D eigenvalue weighted by atomic mass is 79.9. The molecule has 1 fully saturated rings. The van der Waals surface area contributed by atoms with Crippen molar-refractivity contribution in [2.45, 2.75) is 32.2 Å². The summed E-state index contributed by atoms with van der Waals surface area (Å²) < 4.78 is 6.77. The first kappa shape index (κ1) is 19.1. The summed E-state index contributed by atoms with van der Waals surface area (Å²) in [5, 5.41) is 6.85. The minimum atomic E-state index is 0.511. The van der Waals surface area contributed by atoms with Crippen molar-refractivity contribution >= 4 is 21.9 Å². The predicted octanol–water partition coefficient (Wildman–Crippen LogP) is 2.87. The van der Waals surface area contributed by atoms with Crippen LogP contribution in [0.1, 0.15) is 26.2 Å². The van der Waals surface area contributed by atoms with E-state index in [1.165, 1.54) is 38.9 Å². The zero-order chi connectivity index (χ0) is 17.2. The molecule has 1 aliphatic rings. The molecular weight excluding hydrogens is 368 g/mol. The zero-order valence-corrected chi connectivity index (χ0v) is 16.3. The molecule has 6 heteroatoms. The number of benzene rings is 1. The monoisotopic (exact) mass is 396 g/mol. The van der Waals surface area contributed by atoms with E-state index in [-0.39, 0.29) is 0 Å². The van der Waals surface area contributed by atoms with Crippen LogP contribution in [-0.2, 0) is 0 Å². The number of aliphatic imine (C=N–C) groups is 1. The smallest absolute Gasteiger partial charge is 0.191 e. The number of guanidine groups is 1. The van der Waals surface area contributed by atoms with Crippen LogP contribution < -0.4 is 15.4 Å². The van der Waals surface area contributed by atoms with Crippen LogP contribution in [0.15, 0.2) is 33.7 Å². The van der Waals surface area contributed by atoms with Crippen LogP contribution in [0, 0.1) is 0 Å². The first-order valence-electron chi connectivity index (χ1n) is 8.79. The third kappa shape index (κ3) is 6.69. The molecule has 1 saturated heterocycles. The summed E-state index contributed by atoms with van der Waals surface area (Å²) in [6, 6.07) is 8.39. The Morgan fingerprint density at radius 2 is 2.00 bits per heavy atom. The third-order valence-corrected chi connectivity index (χ3v) is 4.70. The fourth-order valence-corrected chi connectivity index (χ4v) is 3.14. The van der Waals surface area contributed by atoms with Crippen LogP contribution in [-0.4, -0.2) is 56.7 Å². The minimum Gasteiger partial charge on any atom is -0.492 e. The zero-order valence-electron chi connectivity index (χ0n) is 14.7. The van der Waals surface area contributed by atoms with Crippen LogP contribution in [0.3, 0.4) is 0 Å². The highest BCUT2D eigenvalue weighted by Crippen LogP contribution is 2.15. The van der Waals surface area contributed by atoms with E-state index in [0.29, 0.717) is 12.6 Å². The largest absolute Gasteiger partial charge is 0.492 e. The molecule has 2 rings (SSSR count). The van der Waals surface area contributed by atoms with E-state index in [1.807, 2.05) is 31.3 Å². The molecule has 0 spiro atoms. The molecule has 1 aromatic rings. The van der Waals surface area contributed by atoms with Gasteiger partial charge >= 0.3 is 0 Å². The van der Waals surface area contributed by atoms with Gasteiger partial charge in [-0.25, -0.2) is 0 Å². The second-order valence-corrected chi connectivity index (χ2v) is 6.98. The molecule has 2 N–H and O–H groups in total. The van der Waals surface area contributed by atoms with E-state index in [2.05, 4.69) is 43.4 Å². The van der Waals surface area contributed by atoms with E-state index >= 15 is 0 Å². The number of halogens is 1. The number of nitrogens with one attached hydrogen (secondary N) is 2. The number of ether oxygens (including phenoxy) is 1. The lowest BCUT2D eigenvalue weighted by atomic mass is 10.1. The van der Waals surface area contributed by atoms with Crippen molar-refractivity contribution in [1.29, 1.82) is 0 Å². The molecule has 0 bridgehead atoms. The fourth-order valence-electron chi connectivity index (χ4n) is 2.87. The Hall–Kier alpha value is -1.27. The Bertz CT molecular complexity index is 498. The lowest BCUT2D eigenvalue weighted by Crippen LogP contribution is -2.49. The molecule has 1 aromatic carbocycles. The second-order valence-electron chi connectivity index (χ2n) is 6.06. The van der Waals surface area contributed by atoms with E-state index in [9.17, 15) is 0 Å². The van der Waals surface area contributed by atoms with Gasteiger partial charge in [0, 0.05) is 30.7 Å². The van der Waals surface area contributed by atoms with Crippen molar-refractivity contribution in [3.63, 3.8) is 0 Å². The molecule has 134 valence electrons. The number of nitrogens with zero attached hydrogens (tertiary/aromatic N) is 2. The number of piperidine rings is 1. The van der Waals surface area contributed by atoms with Crippen molar-refractivity contribution in [3.8, 4) is 5.75 Å². The van der Waals surface area contributed by atoms with Crippen molar-refractivity contribution in [2.24, 2.45) is 4.99 Å². The number of likely N-dealkylation sites (tertiary alicyclic amines) is 1. The van der Waals surface area contributed by atoms with Gasteiger partial charge in [0.25, 0.3) is 0 Å². The van der Waals surface area contributed by atoms with Gasteiger partial charge in [-0.3, -0.25) is 4.99 Å². The number of hydrogen-bond donors (Lipinski definition) is 2. The molecule has 1 heterocycles. The van der Waals surface area contributed by atoms with Gasteiger partial charge in [0.1, 0.15) is 12.4 Å². The molecule has 0 unspecified atom stereocenters.